The second-order valence-corrected chi connectivity index (χ2v) is 4.73. The van der Waals surface area contributed by atoms with Crippen molar-refractivity contribution in [2.45, 2.75) is 31.8 Å². The lowest BCUT2D eigenvalue weighted by Crippen LogP contribution is -2.31. The lowest BCUT2D eigenvalue weighted by molar-refractivity contribution is 0.270. The van der Waals surface area contributed by atoms with Gasteiger partial charge in [-0.1, -0.05) is 30.3 Å². The lowest BCUT2D eigenvalue weighted by atomic mass is 9.95. The van der Waals surface area contributed by atoms with Crippen molar-refractivity contribution in [2.24, 2.45) is 5.73 Å². The minimum absolute atomic E-state index is 0.287. The van der Waals surface area contributed by atoms with E-state index in [1.165, 1.54) is 5.56 Å². The van der Waals surface area contributed by atoms with Crippen molar-refractivity contribution in [3.63, 3.8) is 0 Å². The first-order chi connectivity index (χ1) is 7.18. The molecular weight excluding hydrogens is 184 g/mol. The van der Waals surface area contributed by atoms with E-state index in [0.717, 1.165) is 13.1 Å². The molecule has 0 spiro atoms. The van der Waals surface area contributed by atoms with Crippen LogP contribution in [0.3, 0.4) is 0 Å². The van der Waals surface area contributed by atoms with Crippen molar-refractivity contribution in [2.75, 3.05) is 13.1 Å². The van der Waals surface area contributed by atoms with E-state index in [0.29, 0.717) is 12.0 Å². The minimum Gasteiger partial charge on any atom is -0.326 e. The maximum atomic E-state index is 6.20. The SMILES string of the molecule is CC(C)N1CC(c2ccccc2)[C@H](N)C1. The highest BCUT2D eigenvalue weighted by Crippen LogP contribution is 2.27. The summed E-state index contributed by atoms with van der Waals surface area (Å²) in [5, 5.41) is 0. The average molecular weight is 204 g/mol. The van der Waals surface area contributed by atoms with Crippen LogP contribution in [-0.2, 0) is 0 Å². The van der Waals surface area contributed by atoms with E-state index in [4.69, 9.17) is 5.73 Å². The highest BCUT2D eigenvalue weighted by molar-refractivity contribution is 5.23. The third-order valence-electron chi connectivity index (χ3n) is 3.35. The van der Waals surface area contributed by atoms with Gasteiger partial charge in [0.25, 0.3) is 0 Å². The molecule has 1 fully saturated rings. The summed E-state index contributed by atoms with van der Waals surface area (Å²) in [5.74, 6) is 0.508. The molecule has 0 aliphatic carbocycles. The summed E-state index contributed by atoms with van der Waals surface area (Å²) in [4.78, 5) is 2.46. The zero-order chi connectivity index (χ0) is 10.8. The van der Waals surface area contributed by atoms with Crippen LogP contribution < -0.4 is 5.73 Å². The highest BCUT2D eigenvalue weighted by Gasteiger charge is 2.31. The number of hydrogen-bond donors (Lipinski definition) is 1. The summed E-state index contributed by atoms with van der Waals surface area (Å²) >= 11 is 0. The first-order valence-electron chi connectivity index (χ1n) is 5.73. The largest absolute Gasteiger partial charge is 0.326 e. The van der Waals surface area contributed by atoms with Gasteiger partial charge < -0.3 is 5.73 Å². The molecule has 15 heavy (non-hydrogen) atoms. The van der Waals surface area contributed by atoms with E-state index < -0.39 is 0 Å². The monoisotopic (exact) mass is 204 g/mol. The summed E-state index contributed by atoms with van der Waals surface area (Å²) in [6, 6.07) is 11.5. The Bertz CT molecular complexity index is 308. The normalized spacial score (nSPS) is 27.5. The molecule has 2 nitrogen and oxygen atoms in total. The molecular formula is C13H20N2. The predicted octanol–water partition coefficient (Wildman–Crippen LogP) is 1.82. The Morgan fingerprint density at radius 1 is 1.20 bits per heavy atom. The molecule has 0 radical (unpaired) electrons. The van der Waals surface area contributed by atoms with E-state index in [9.17, 15) is 0 Å². The van der Waals surface area contributed by atoms with Crippen LogP contribution in [0.15, 0.2) is 30.3 Å². The van der Waals surface area contributed by atoms with Crippen LogP contribution in [-0.4, -0.2) is 30.1 Å². The minimum atomic E-state index is 0.287. The van der Waals surface area contributed by atoms with Crippen LogP contribution in [0.1, 0.15) is 25.3 Å². The van der Waals surface area contributed by atoms with Crippen LogP contribution in [0.5, 0.6) is 0 Å². The van der Waals surface area contributed by atoms with Crippen LogP contribution in [0.4, 0.5) is 0 Å². The molecule has 1 aromatic carbocycles. The van der Waals surface area contributed by atoms with Gasteiger partial charge in [0.1, 0.15) is 0 Å². The Labute approximate surface area is 92.1 Å². The molecule has 2 N–H and O–H groups in total. The van der Waals surface area contributed by atoms with Gasteiger partial charge >= 0.3 is 0 Å². The summed E-state index contributed by atoms with van der Waals surface area (Å²) < 4.78 is 0. The maximum absolute atomic E-state index is 6.20. The molecule has 0 bridgehead atoms. The lowest BCUT2D eigenvalue weighted by Gasteiger charge is -2.19. The van der Waals surface area contributed by atoms with Crippen molar-refractivity contribution in [1.82, 2.24) is 4.90 Å². The molecule has 0 aromatic heterocycles. The molecule has 2 heteroatoms. The second-order valence-electron chi connectivity index (χ2n) is 4.73. The van der Waals surface area contributed by atoms with Gasteiger partial charge in [-0.25, -0.2) is 0 Å². The van der Waals surface area contributed by atoms with Crippen LogP contribution >= 0.6 is 0 Å². The van der Waals surface area contributed by atoms with Crippen molar-refractivity contribution in [3.05, 3.63) is 35.9 Å². The molecule has 0 saturated carbocycles. The number of rotatable bonds is 2. The van der Waals surface area contributed by atoms with Gasteiger partial charge in [-0.15, -0.1) is 0 Å². The standard InChI is InChI=1S/C13H20N2/c1-10(2)15-8-12(13(14)9-15)11-6-4-3-5-7-11/h3-7,10,12-13H,8-9,14H2,1-2H3/t12?,13-/m1/s1. The quantitative estimate of drug-likeness (QED) is 0.796. The summed E-state index contributed by atoms with van der Waals surface area (Å²) in [6.07, 6.45) is 0. The molecule has 2 rings (SSSR count). The zero-order valence-corrected chi connectivity index (χ0v) is 9.56. The first kappa shape index (κ1) is 10.7. The van der Waals surface area contributed by atoms with Crippen molar-refractivity contribution < 1.29 is 0 Å². The molecule has 1 aromatic rings. The number of likely N-dealkylation sites (tertiary alicyclic amines) is 1. The highest BCUT2D eigenvalue weighted by atomic mass is 15.2. The van der Waals surface area contributed by atoms with Gasteiger partial charge in [-0.05, 0) is 19.4 Å². The Kier molecular flexibility index (Phi) is 3.08. The fourth-order valence-corrected chi connectivity index (χ4v) is 2.34. The number of nitrogens with zero attached hydrogens (tertiary/aromatic N) is 1. The Balaban J connectivity index is 2.12. The molecule has 82 valence electrons. The van der Waals surface area contributed by atoms with Crippen LogP contribution in [0.25, 0.3) is 0 Å². The number of nitrogens with two attached hydrogens (primary N) is 1. The summed E-state index contributed by atoms with van der Waals surface area (Å²) in [7, 11) is 0. The summed E-state index contributed by atoms with van der Waals surface area (Å²) in [6.45, 7) is 6.60. The predicted molar refractivity (Wildman–Crippen MR) is 63.9 cm³/mol. The molecule has 2 atom stereocenters. The maximum Gasteiger partial charge on any atom is 0.0250 e. The van der Waals surface area contributed by atoms with Gasteiger partial charge in [0.05, 0.1) is 0 Å². The zero-order valence-electron chi connectivity index (χ0n) is 9.56. The molecule has 1 unspecified atom stereocenters. The van der Waals surface area contributed by atoms with Crippen LogP contribution in [0, 0.1) is 0 Å². The molecule has 1 aliphatic rings. The van der Waals surface area contributed by atoms with Crippen molar-refractivity contribution >= 4 is 0 Å². The Morgan fingerprint density at radius 2 is 1.87 bits per heavy atom. The van der Waals surface area contributed by atoms with E-state index >= 15 is 0 Å². The fraction of sp³-hybridized carbons (Fsp3) is 0.538. The topological polar surface area (TPSA) is 29.3 Å². The van der Waals surface area contributed by atoms with Gasteiger partial charge in [0.2, 0.25) is 0 Å². The second kappa shape index (κ2) is 4.33. The summed E-state index contributed by atoms with van der Waals surface area (Å²) in [5.41, 5.74) is 7.58. The van der Waals surface area contributed by atoms with Crippen molar-refractivity contribution in [1.29, 1.82) is 0 Å². The molecule has 0 amide bonds. The van der Waals surface area contributed by atoms with Gasteiger partial charge in [-0.2, -0.15) is 0 Å². The Hall–Kier alpha value is -0.860. The van der Waals surface area contributed by atoms with Gasteiger partial charge in [-0.3, -0.25) is 4.90 Å². The third-order valence-corrected chi connectivity index (χ3v) is 3.35. The third kappa shape index (κ3) is 2.21. The Morgan fingerprint density at radius 3 is 2.40 bits per heavy atom. The smallest absolute Gasteiger partial charge is 0.0250 e. The van der Waals surface area contributed by atoms with Gasteiger partial charge in [0.15, 0.2) is 0 Å². The fourth-order valence-electron chi connectivity index (χ4n) is 2.34. The number of hydrogen-bond acceptors (Lipinski definition) is 2. The molecule has 1 heterocycles. The van der Waals surface area contributed by atoms with E-state index in [-0.39, 0.29) is 6.04 Å². The van der Waals surface area contributed by atoms with E-state index in [1.54, 1.807) is 0 Å². The number of benzene rings is 1. The van der Waals surface area contributed by atoms with Crippen LogP contribution in [0.2, 0.25) is 0 Å². The van der Waals surface area contributed by atoms with Crippen molar-refractivity contribution in [3.8, 4) is 0 Å². The van der Waals surface area contributed by atoms with E-state index in [2.05, 4.69) is 49.1 Å². The first-order valence-corrected chi connectivity index (χ1v) is 5.73. The van der Waals surface area contributed by atoms with E-state index in [1.807, 2.05) is 0 Å². The van der Waals surface area contributed by atoms with Gasteiger partial charge in [0, 0.05) is 31.1 Å². The average Bonchev–Trinajstić information content (AvgIpc) is 2.62. The molecule has 1 saturated heterocycles. The molecule has 1 aliphatic heterocycles.